The zero-order valence-corrected chi connectivity index (χ0v) is 38.3. The molecule has 0 bridgehead atoms. The first-order valence-electron chi connectivity index (χ1n) is 21.8. The average Bonchev–Trinajstić information content (AvgIpc) is 3.41. The Morgan fingerprint density at radius 1 is 0.265 bits per heavy atom. The SMILES string of the molecule is O=C(O)c1cc(C(=O)O)c(C(=O)OP(c2ccccc2)(c2ccccc2)(c2ccccc2)c2ccccc2)cc1C(=O)OP(c1ccccc1)(c1ccccc1)(c1ccccc1)c1ccccc1. The van der Waals surface area contributed by atoms with Crippen molar-refractivity contribution < 1.29 is 38.4 Å². The minimum absolute atomic E-state index is 0.554. The van der Waals surface area contributed by atoms with Gasteiger partial charge in [0, 0.05) is 0 Å². The van der Waals surface area contributed by atoms with E-state index in [-0.39, 0.29) is 0 Å². The van der Waals surface area contributed by atoms with Crippen molar-refractivity contribution in [2.45, 2.75) is 0 Å². The van der Waals surface area contributed by atoms with E-state index in [1.807, 2.05) is 243 Å². The zero-order valence-electron chi connectivity index (χ0n) is 36.5. The van der Waals surface area contributed by atoms with Crippen LogP contribution in [-0.4, -0.2) is 34.1 Å². The van der Waals surface area contributed by atoms with Gasteiger partial charge in [0.1, 0.15) is 0 Å². The van der Waals surface area contributed by atoms with E-state index in [2.05, 4.69) is 0 Å². The number of rotatable bonds is 14. The topological polar surface area (TPSA) is 127 Å². The molecule has 9 aromatic carbocycles. The molecule has 0 amide bonds. The van der Waals surface area contributed by atoms with Crippen molar-refractivity contribution in [1.82, 2.24) is 0 Å². The molecule has 10 heteroatoms. The van der Waals surface area contributed by atoms with E-state index in [1.54, 1.807) is 0 Å². The molecule has 0 saturated carbocycles. The van der Waals surface area contributed by atoms with Gasteiger partial charge in [0.05, 0.1) is 0 Å². The van der Waals surface area contributed by atoms with Gasteiger partial charge in [-0.3, -0.25) is 0 Å². The van der Waals surface area contributed by atoms with Crippen molar-refractivity contribution in [2.24, 2.45) is 0 Å². The van der Waals surface area contributed by atoms with Crippen LogP contribution in [0.1, 0.15) is 41.4 Å². The fourth-order valence-corrected chi connectivity index (χ4v) is 20.8. The number of hydrogen-bond donors (Lipinski definition) is 2. The molecule has 0 heterocycles. The summed E-state index contributed by atoms with van der Waals surface area (Å²) in [4.78, 5) is 58.5. The fraction of sp³-hybridized carbons (Fsp3) is 0. The molecule has 0 atom stereocenters. The van der Waals surface area contributed by atoms with Crippen LogP contribution in [0.5, 0.6) is 0 Å². The van der Waals surface area contributed by atoms with Crippen LogP contribution in [0.15, 0.2) is 255 Å². The molecule has 0 saturated heterocycles. The van der Waals surface area contributed by atoms with Gasteiger partial charge in [0.15, 0.2) is 0 Å². The molecule has 9 rings (SSSR count). The van der Waals surface area contributed by atoms with Crippen LogP contribution in [0.25, 0.3) is 0 Å². The molecule has 9 aromatic rings. The van der Waals surface area contributed by atoms with Crippen LogP contribution < -0.4 is 42.4 Å². The monoisotopic (exact) mass is 930 g/mol. The van der Waals surface area contributed by atoms with Gasteiger partial charge in [-0.25, -0.2) is 0 Å². The van der Waals surface area contributed by atoms with Crippen molar-refractivity contribution in [3.63, 3.8) is 0 Å². The Hall–Kier alpha value is -8.28. The van der Waals surface area contributed by atoms with Crippen LogP contribution in [0.3, 0.4) is 0 Å². The van der Waals surface area contributed by atoms with E-state index >= 15 is 9.59 Å². The molecule has 0 aliphatic rings. The van der Waals surface area contributed by atoms with Crippen LogP contribution in [0.2, 0.25) is 0 Å². The minimum atomic E-state index is -4.78. The van der Waals surface area contributed by atoms with Crippen LogP contribution in [0, 0.1) is 0 Å². The molecule has 8 nitrogen and oxygen atoms in total. The zero-order chi connectivity index (χ0) is 47.2. The van der Waals surface area contributed by atoms with Crippen molar-refractivity contribution in [3.8, 4) is 0 Å². The van der Waals surface area contributed by atoms with Crippen molar-refractivity contribution in [1.29, 1.82) is 0 Å². The van der Waals surface area contributed by atoms with Gasteiger partial charge >= 0.3 is 395 Å². The number of benzene rings is 9. The van der Waals surface area contributed by atoms with E-state index in [0.717, 1.165) is 12.1 Å². The second-order valence-electron chi connectivity index (χ2n) is 16.1. The molecule has 2 N–H and O–H groups in total. The maximum atomic E-state index is 15.8. The van der Waals surface area contributed by atoms with Gasteiger partial charge in [-0.05, 0) is 0 Å². The number of hydrogen-bond acceptors (Lipinski definition) is 6. The molecule has 0 spiro atoms. The Morgan fingerprint density at radius 2 is 0.426 bits per heavy atom. The summed E-state index contributed by atoms with van der Waals surface area (Å²) < 4.78 is 14.6. The summed E-state index contributed by atoms with van der Waals surface area (Å²) in [5.41, 5.74) is -2.47. The summed E-state index contributed by atoms with van der Waals surface area (Å²) >= 11 is 0. The summed E-state index contributed by atoms with van der Waals surface area (Å²) in [5.74, 6) is -5.44. The van der Waals surface area contributed by atoms with Crippen LogP contribution in [-0.2, 0) is 9.05 Å². The van der Waals surface area contributed by atoms with Crippen molar-refractivity contribution in [2.75, 3.05) is 0 Å². The number of carboxylic acid groups (broad SMARTS) is 2. The van der Waals surface area contributed by atoms with Crippen LogP contribution in [0.4, 0.5) is 0 Å². The first-order valence-corrected chi connectivity index (χ1v) is 26.1. The predicted molar refractivity (Wildman–Crippen MR) is 274 cm³/mol. The molecule has 0 radical (unpaired) electrons. The maximum absolute atomic E-state index is 15.8. The van der Waals surface area contributed by atoms with E-state index in [9.17, 15) is 19.8 Å². The standard InChI is InChI=1S/C58H44O8P2/c59-55(60)51-41-52(56(61)62)54(58(64)66-68(47-33-17-5-18-34-47,48-35-19-6-20-36-48,49-37-21-7-22-38-49)50-39-23-8-24-40-50)42-53(51)57(63)65-67(43-25-9-1-10-26-43,44-27-11-2-12-28-44,45-29-13-3-14-30-45)46-31-15-4-16-32-46/h1-42H,(H,59,60)(H,61,62). The molecule has 0 aliphatic heterocycles. The molecule has 0 aliphatic carbocycles. The summed E-state index contributed by atoms with van der Waals surface area (Å²) in [6, 6.07) is 76.5. The van der Waals surface area contributed by atoms with Gasteiger partial charge in [0.2, 0.25) is 0 Å². The third kappa shape index (κ3) is 6.93. The van der Waals surface area contributed by atoms with Crippen molar-refractivity contribution in [3.05, 3.63) is 277 Å². The van der Waals surface area contributed by atoms with Gasteiger partial charge in [0.25, 0.3) is 0 Å². The average molecular weight is 931 g/mol. The molecule has 0 aromatic heterocycles. The normalized spacial score (nSPS) is 12.5. The Bertz CT molecular complexity index is 2710. The molecule has 68 heavy (non-hydrogen) atoms. The van der Waals surface area contributed by atoms with E-state index in [4.69, 9.17) is 9.05 Å². The molecule has 0 unspecified atom stereocenters. The van der Waals surface area contributed by atoms with Gasteiger partial charge in [-0.15, -0.1) is 0 Å². The summed E-state index contributed by atoms with van der Waals surface area (Å²) in [5, 5.41) is 26.8. The Balaban J connectivity index is 1.35. The van der Waals surface area contributed by atoms with E-state index in [1.165, 1.54) is 0 Å². The number of carbonyl (C=O) groups excluding carboxylic acids is 2. The molecule has 0 fully saturated rings. The summed E-state index contributed by atoms with van der Waals surface area (Å²) in [6.45, 7) is -9.56. The number of carboxylic acids is 2. The number of carbonyl (C=O) groups is 4. The predicted octanol–water partition coefficient (Wildman–Crippen LogP) is 8.94. The second kappa shape index (κ2) is 18.2. The third-order valence-electron chi connectivity index (χ3n) is 12.6. The van der Waals surface area contributed by atoms with Gasteiger partial charge in [-0.1, -0.05) is 0 Å². The molecular formula is C58H44O8P2. The van der Waals surface area contributed by atoms with Crippen LogP contribution >= 0.6 is 13.7 Å². The third-order valence-corrected chi connectivity index (χ3v) is 23.9. The quantitative estimate of drug-likeness (QED) is 0.104. The Morgan fingerprint density at radius 3 is 0.588 bits per heavy atom. The second-order valence-corrected chi connectivity index (χ2v) is 24.7. The number of aromatic carboxylic acids is 2. The van der Waals surface area contributed by atoms with Crippen molar-refractivity contribution >= 4 is 80.0 Å². The van der Waals surface area contributed by atoms with E-state index < -0.39 is 59.8 Å². The Labute approximate surface area is 393 Å². The van der Waals surface area contributed by atoms with Gasteiger partial charge < -0.3 is 0 Å². The van der Waals surface area contributed by atoms with E-state index in [0.29, 0.717) is 42.4 Å². The Kier molecular flexibility index (Phi) is 12.0. The van der Waals surface area contributed by atoms with Gasteiger partial charge in [-0.2, -0.15) is 0 Å². The molecular weight excluding hydrogens is 887 g/mol. The summed E-state index contributed by atoms with van der Waals surface area (Å²) in [6.07, 6.45) is 0. The first kappa shape index (κ1) is 44.9. The first-order chi connectivity index (χ1) is 33.1. The fourth-order valence-electron chi connectivity index (χ4n) is 9.63. The molecule has 334 valence electrons. The summed E-state index contributed by atoms with van der Waals surface area (Å²) in [7, 11) is 0.